The molecule has 2 N–H and O–H groups in total. The van der Waals surface area contributed by atoms with Gasteiger partial charge in [-0.2, -0.15) is 5.10 Å². The Balaban J connectivity index is 1.21. The van der Waals surface area contributed by atoms with Gasteiger partial charge in [0.15, 0.2) is 5.65 Å². The predicted molar refractivity (Wildman–Crippen MR) is 144 cm³/mol. The first kappa shape index (κ1) is 23.0. The van der Waals surface area contributed by atoms with E-state index in [0.29, 0.717) is 5.92 Å². The number of nitrogens with one attached hydrogen (secondary N) is 2. The number of benzene rings is 1. The first-order chi connectivity index (χ1) is 18.7. The summed E-state index contributed by atoms with van der Waals surface area (Å²) in [5.41, 5.74) is 6.17. The zero-order valence-corrected chi connectivity index (χ0v) is 21.0. The molecule has 0 saturated carbocycles. The van der Waals surface area contributed by atoms with E-state index in [1.165, 1.54) is 11.8 Å². The normalized spacial score (nSPS) is 18.4. The average molecular weight is 509 g/mol. The van der Waals surface area contributed by atoms with E-state index in [1.807, 2.05) is 47.1 Å². The topological polar surface area (TPSA) is 87.0 Å². The molecular weight excluding hydrogens is 479 g/mol. The molecule has 2 aliphatic heterocycles. The van der Waals surface area contributed by atoms with Gasteiger partial charge >= 0.3 is 0 Å². The summed E-state index contributed by atoms with van der Waals surface area (Å²) < 4.78 is 15.8. The maximum Gasteiger partial charge on any atom is 0.154 e. The number of aromatic amines is 1. The molecule has 2 fully saturated rings. The number of H-pyrrole nitrogens is 1. The number of anilines is 1. The standard InChI is InChI=1S/C29H29FN8/c30-21-5-1-4-20(16-21)26-8-3-15-37(26)29-10-9-28-32-18-27(38(28)36-29)23-7-2-6-22(33-23)25-17-24(34-35-25)19-11-13-31-14-12-19/h1-2,4-7,9-10,16-19,26,31H,3,8,11-15H2,(H,34,35). The second-order valence-corrected chi connectivity index (χ2v) is 10.2. The number of fused-ring (bicyclic) bond motifs is 1. The lowest BCUT2D eigenvalue weighted by Crippen LogP contribution is -2.26. The van der Waals surface area contributed by atoms with Gasteiger partial charge in [0.2, 0.25) is 0 Å². The molecule has 0 aliphatic carbocycles. The average Bonchev–Trinajstić information content (AvgIpc) is 3.73. The quantitative estimate of drug-likeness (QED) is 0.342. The van der Waals surface area contributed by atoms with Crippen LogP contribution in [0.25, 0.3) is 28.4 Å². The van der Waals surface area contributed by atoms with Crippen molar-refractivity contribution in [3.8, 4) is 22.8 Å². The van der Waals surface area contributed by atoms with Crippen molar-refractivity contribution in [2.75, 3.05) is 24.5 Å². The maximum atomic E-state index is 13.9. The van der Waals surface area contributed by atoms with Crippen LogP contribution in [0.2, 0.25) is 0 Å². The van der Waals surface area contributed by atoms with Crippen LogP contribution in [0.1, 0.15) is 48.9 Å². The van der Waals surface area contributed by atoms with Gasteiger partial charge < -0.3 is 10.2 Å². The molecule has 5 aromatic rings. The van der Waals surface area contributed by atoms with E-state index >= 15 is 0 Å². The van der Waals surface area contributed by atoms with Crippen LogP contribution in [-0.2, 0) is 0 Å². The van der Waals surface area contributed by atoms with E-state index in [2.05, 4.69) is 31.5 Å². The zero-order chi connectivity index (χ0) is 25.5. The monoisotopic (exact) mass is 508 g/mol. The largest absolute Gasteiger partial charge is 0.348 e. The minimum atomic E-state index is -0.208. The summed E-state index contributed by atoms with van der Waals surface area (Å²) in [6.45, 7) is 2.95. The van der Waals surface area contributed by atoms with Gasteiger partial charge in [0, 0.05) is 18.2 Å². The molecule has 0 bridgehead atoms. The molecule has 2 saturated heterocycles. The van der Waals surface area contributed by atoms with Crippen LogP contribution in [0.3, 0.4) is 0 Å². The number of rotatable bonds is 5. The molecule has 9 heteroatoms. The van der Waals surface area contributed by atoms with Gasteiger partial charge in [-0.1, -0.05) is 18.2 Å². The third kappa shape index (κ3) is 4.22. The molecule has 8 nitrogen and oxygen atoms in total. The Hall–Kier alpha value is -4.11. The maximum absolute atomic E-state index is 13.9. The summed E-state index contributed by atoms with van der Waals surface area (Å²) in [5.74, 6) is 1.14. The lowest BCUT2D eigenvalue weighted by molar-refractivity contribution is 0.453. The van der Waals surface area contributed by atoms with Crippen molar-refractivity contribution in [1.29, 1.82) is 0 Å². The summed E-state index contributed by atoms with van der Waals surface area (Å²) in [6, 6.07) is 19.1. The van der Waals surface area contributed by atoms with Crippen molar-refractivity contribution in [3.63, 3.8) is 0 Å². The van der Waals surface area contributed by atoms with E-state index in [9.17, 15) is 4.39 Å². The number of halogens is 1. The number of piperidine rings is 1. The van der Waals surface area contributed by atoms with Crippen LogP contribution in [0.4, 0.5) is 10.2 Å². The number of hydrogen-bond acceptors (Lipinski definition) is 6. The lowest BCUT2D eigenvalue weighted by atomic mass is 9.94. The molecular formula is C29H29FN8. The Bertz CT molecular complexity index is 1580. The number of hydrogen-bond donors (Lipinski definition) is 2. The van der Waals surface area contributed by atoms with Crippen molar-refractivity contribution in [1.82, 2.24) is 35.1 Å². The van der Waals surface area contributed by atoms with Crippen molar-refractivity contribution in [3.05, 3.63) is 83.9 Å². The van der Waals surface area contributed by atoms with Crippen LogP contribution >= 0.6 is 0 Å². The Morgan fingerprint density at radius 1 is 0.895 bits per heavy atom. The fourth-order valence-electron chi connectivity index (χ4n) is 5.82. The van der Waals surface area contributed by atoms with E-state index in [-0.39, 0.29) is 11.9 Å². The van der Waals surface area contributed by atoms with Crippen LogP contribution in [0.15, 0.2) is 66.9 Å². The number of aromatic nitrogens is 6. The minimum absolute atomic E-state index is 0.0953. The van der Waals surface area contributed by atoms with Crippen LogP contribution < -0.4 is 10.2 Å². The second-order valence-electron chi connectivity index (χ2n) is 10.2. The molecule has 6 heterocycles. The Morgan fingerprint density at radius 3 is 2.66 bits per heavy atom. The van der Waals surface area contributed by atoms with Gasteiger partial charge in [-0.25, -0.2) is 18.9 Å². The smallest absolute Gasteiger partial charge is 0.154 e. The third-order valence-corrected chi connectivity index (χ3v) is 7.78. The summed E-state index contributed by atoms with van der Waals surface area (Å²) in [5, 5.41) is 16.2. The van der Waals surface area contributed by atoms with E-state index < -0.39 is 0 Å². The van der Waals surface area contributed by atoms with Crippen LogP contribution in [-0.4, -0.2) is 49.4 Å². The highest BCUT2D eigenvalue weighted by Crippen LogP contribution is 2.36. The lowest BCUT2D eigenvalue weighted by Gasteiger charge is -2.26. The summed E-state index contributed by atoms with van der Waals surface area (Å²) in [4.78, 5) is 11.8. The summed E-state index contributed by atoms with van der Waals surface area (Å²) in [6.07, 6.45) is 6.04. The van der Waals surface area contributed by atoms with Gasteiger partial charge in [-0.3, -0.25) is 5.10 Å². The molecule has 38 heavy (non-hydrogen) atoms. The molecule has 4 aromatic heterocycles. The molecule has 0 spiro atoms. The first-order valence-electron chi connectivity index (χ1n) is 13.3. The highest BCUT2D eigenvalue weighted by molar-refractivity contribution is 5.65. The SMILES string of the molecule is Fc1cccc(C2CCCN2c2ccc3ncc(-c4cccc(-c5cc(C6CCNCC6)[nH]n5)n4)n3n2)c1. The van der Waals surface area contributed by atoms with Gasteiger partial charge in [0.25, 0.3) is 0 Å². The summed E-state index contributed by atoms with van der Waals surface area (Å²) in [7, 11) is 0. The number of nitrogens with zero attached hydrogens (tertiary/aromatic N) is 6. The van der Waals surface area contributed by atoms with Gasteiger partial charge in [0.05, 0.1) is 23.6 Å². The molecule has 1 unspecified atom stereocenters. The first-order valence-corrected chi connectivity index (χ1v) is 13.3. The Morgan fingerprint density at radius 2 is 1.76 bits per heavy atom. The van der Waals surface area contributed by atoms with Crippen molar-refractivity contribution < 1.29 is 4.39 Å². The highest BCUT2D eigenvalue weighted by atomic mass is 19.1. The predicted octanol–water partition coefficient (Wildman–Crippen LogP) is 5.13. The molecule has 192 valence electrons. The Kier molecular flexibility index (Phi) is 5.85. The van der Waals surface area contributed by atoms with E-state index in [0.717, 1.165) is 85.1 Å². The fraction of sp³-hybridized carbons (Fsp3) is 0.310. The van der Waals surface area contributed by atoms with Crippen LogP contribution in [0, 0.1) is 5.82 Å². The van der Waals surface area contributed by atoms with Crippen molar-refractivity contribution >= 4 is 11.5 Å². The van der Waals surface area contributed by atoms with Gasteiger partial charge in [-0.05, 0) is 86.8 Å². The third-order valence-electron chi connectivity index (χ3n) is 7.78. The fourth-order valence-corrected chi connectivity index (χ4v) is 5.82. The van der Waals surface area contributed by atoms with Crippen molar-refractivity contribution in [2.24, 2.45) is 0 Å². The molecule has 1 atom stereocenters. The number of pyridine rings is 1. The van der Waals surface area contributed by atoms with E-state index in [4.69, 9.17) is 10.1 Å². The van der Waals surface area contributed by atoms with Crippen LogP contribution in [0.5, 0.6) is 0 Å². The summed E-state index contributed by atoms with van der Waals surface area (Å²) >= 11 is 0. The second kappa shape index (κ2) is 9.64. The zero-order valence-electron chi connectivity index (χ0n) is 21.0. The van der Waals surface area contributed by atoms with Gasteiger partial charge in [0.1, 0.15) is 23.0 Å². The number of imidazole rings is 1. The minimum Gasteiger partial charge on any atom is -0.348 e. The molecule has 1 aromatic carbocycles. The molecule has 0 amide bonds. The Labute approximate surface area is 219 Å². The van der Waals surface area contributed by atoms with Crippen molar-refractivity contribution in [2.45, 2.75) is 37.6 Å². The molecule has 7 rings (SSSR count). The molecule has 2 aliphatic rings. The highest BCUT2D eigenvalue weighted by Gasteiger charge is 2.28. The molecule has 0 radical (unpaired) electrons. The van der Waals surface area contributed by atoms with E-state index in [1.54, 1.807) is 12.1 Å². The van der Waals surface area contributed by atoms with Gasteiger partial charge in [-0.15, -0.1) is 5.10 Å².